The standard InChI is InChI=1S/C13H22N2O2/c1-5-13(6-2,9-14)12(16)15-7-10(3)17-11(4)8-15/h10-11H,5-8H2,1-4H3/t10-,11+. The Morgan fingerprint density at radius 1 is 1.35 bits per heavy atom. The van der Waals surface area contributed by atoms with Gasteiger partial charge in [-0.15, -0.1) is 0 Å². The van der Waals surface area contributed by atoms with Crippen LogP contribution in [0.4, 0.5) is 0 Å². The zero-order valence-corrected chi connectivity index (χ0v) is 11.2. The van der Waals surface area contributed by atoms with Crippen LogP contribution in [0.25, 0.3) is 0 Å². The van der Waals surface area contributed by atoms with Crippen LogP contribution in [0.1, 0.15) is 40.5 Å². The molecule has 1 aliphatic heterocycles. The highest BCUT2D eigenvalue weighted by molar-refractivity contribution is 5.85. The Morgan fingerprint density at radius 3 is 2.18 bits per heavy atom. The van der Waals surface area contributed by atoms with E-state index in [4.69, 9.17) is 4.74 Å². The molecule has 0 radical (unpaired) electrons. The summed E-state index contributed by atoms with van der Waals surface area (Å²) >= 11 is 0. The number of morpholine rings is 1. The number of ether oxygens (including phenoxy) is 1. The molecule has 2 atom stereocenters. The zero-order valence-electron chi connectivity index (χ0n) is 11.2. The molecular formula is C13H22N2O2. The van der Waals surface area contributed by atoms with Crippen molar-refractivity contribution < 1.29 is 9.53 Å². The van der Waals surface area contributed by atoms with Crippen molar-refractivity contribution in [1.29, 1.82) is 5.26 Å². The Labute approximate surface area is 104 Å². The fourth-order valence-electron chi connectivity index (χ4n) is 2.40. The van der Waals surface area contributed by atoms with Crippen LogP contribution in [0.15, 0.2) is 0 Å². The van der Waals surface area contributed by atoms with Crippen LogP contribution >= 0.6 is 0 Å². The molecule has 17 heavy (non-hydrogen) atoms. The molecule has 1 rings (SSSR count). The second-order valence-electron chi connectivity index (χ2n) is 4.87. The third-order valence-corrected chi connectivity index (χ3v) is 3.54. The average Bonchev–Trinajstić information content (AvgIpc) is 2.30. The minimum atomic E-state index is -0.850. The lowest BCUT2D eigenvalue weighted by Crippen LogP contribution is -2.52. The van der Waals surface area contributed by atoms with Crippen LogP contribution in [0.2, 0.25) is 0 Å². The van der Waals surface area contributed by atoms with E-state index in [1.807, 2.05) is 27.7 Å². The Kier molecular flexibility index (Phi) is 4.53. The largest absolute Gasteiger partial charge is 0.372 e. The lowest BCUT2D eigenvalue weighted by Gasteiger charge is -2.39. The number of nitrogens with zero attached hydrogens (tertiary/aromatic N) is 2. The molecule has 0 aromatic rings. The van der Waals surface area contributed by atoms with Crippen LogP contribution in [0.3, 0.4) is 0 Å². The number of rotatable bonds is 3. The quantitative estimate of drug-likeness (QED) is 0.755. The Balaban J connectivity index is 2.85. The fraction of sp³-hybridized carbons (Fsp3) is 0.846. The van der Waals surface area contributed by atoms with Gasteiger partial charge in [-0.05, 0) is 26.7 Å². The van der Waals surface area contributed by atoms with Gasteiger partial charge in [0.15, 0.2) is 0 Å². The Morgan fingerprint density at radius 2 is 1.82 bits per heavy atom. The SMILES string of the molecule is CCC(C#N)(CC)C(=O)N1C[C@@H](C)O[C@@H](C)C1. The Bertz CT molecular complexity index is 308. The fourth-order valence-corrected chi connectivity index (χ4v) is 2.40. The van der Waals surface area contributed by atoms with Gasteiger partial charge < -0.3 is 9.64 Å². The van der Waals surface area contributed by atoms with Gasteiger partial charge in [-0.1, -0.05) is 13.8 Å². The smallest absolute Gasteiger partial charge is 0.243 e. The van der Waals surface area contributed by atoms with Gasteiger partial charge in [-0.3, -0.25) is 4.79 Å². The number of nitriles is 1. The topological polar surface area (TPSA) is 53.3 Å². The van der Waals surface area contributed by atoms with Gasteiger partial charge in [-0.25, -0.2) is 0 Å². The minimum absolute atomic E-state index is 0.0352. The van der Waals surface area contributed by atoms with Gasteiger partial charge in [0, 0.05) is 13.1 Å². The first-order valence-electron chi connectivity index (χ1n) is 6.35. The van der Waals surface area contributed by atoms with Crippen molar-refractivity contribution >= 4 is 5.91 Å². The van der Waals surface area contributed by atoms with Crippen LogP contribution < -0.4 is 0 Å². The molecule has 0 aromatic heterocycles. The number of hydrogen-bond donors (Lipinski definition) is 0. The summed E-state index contributed by atoms with van der Waals surface area (Å²) in [5.74, 6) is -0.0352. The van der Waals surface area contributed by atoms with Crippen LogP contribution in [-0.4, -0.2) is 36.1 Å². The maximum atomic E-state index is 12.5. The molecule has 0 unspecified atom stereocenters. The third-order valence-electron chi connectivity index (χ3n) is 3.54. The van der Waals surface area contributed by atoms with Crippen molar-refractivity contribution in [3.8, 4) is 6.07 Å². The number of amides is 1. The predicted molar refractivity (Wildman–Crippen MR) is 65.2 cm³/mol. The summed E-state index contributed by atoms with van der Waals surface area (Å²) in [5.41, 5.74) is -0.850. The minimum Gasteiger partial charge on any atom is -0.372 e. The number of carbonyl (C=O) groups is 1. The molecule has 1 saturated heterocycles. The van der Waals surface area contributed by atoms with Gasteiger partial charge in [-0.2, -0.15) is 5.26 Å². The maximum Gasteiger partial charge on any atom is 0.243 e. The van der Waals surface area contributed by atoms with E-state index in [0.29, 0.717) is 25.9 Å². The molecule has 0 aliphatic carbocycles. The first kappa shape index (κ1) is 14.0. The van der Waals surface area contributed by atoms with Crippen molar-refractivity contribution in [2.75, 3.05) is 13.1 Å². The van der Waals surface area contributed by atoms with Gasteiger partial charge in [0.05, 0.1) is 18.3 Å². The maximum absolute atomic E-state index is 12.5. The van der Waals surface area contributed by atoms with E-state index in [0.717, 1.165) is 0 Å². The van der Waals surface area contributed by atoms with Gasteiger partial charge in [0.1, 0.15) is 5.41 Å². The summed E-state index contributed by atoms with van der Waals surface area (Å²) in [6.07, 6.45) is 1.23. The highest BCUT2D eigenvalue weighted by Crippen LogP contribution is 2.29. The monoisotopic (exact) mass is 238 g/mol. The van der Waals surface area contributed by atoms with Crippen molar-refractivity contribution in [2.24, 2.45) is 5.41 Å². The van der Waals surface area contributed by atoms with E-state index < -0.39 is 5.41 Å². The van der Waals surface area contributed by atoms with Crippen LogP contribution in [0, 0.1) is 16.7 Å². The van der Waals surface area contributed by atoms with Crippen molar-refractivity contribution in [3.63, 3.8) is 0 Å². The summed E-state index contributed by atoms with van der Waals surface area (Å²) < 4.78 is 5.60. The normalized spacial score (nSPS) is 25.5. The molecular weight excluding hydrogens is 216 g/mol. The summed E-state index contributed by atoms with van der Waals surface area (Å²) in [6, 6.07) is 2.21. The van der Waals surface area contributed by atoms with Crippen molar-refractivity contribution in [1.82, 2.24) is 4.90 Å². The summed E-state index contributed by atoms with van der Waals surface area (Å²) in [6.45, 7) is 8.90. The molecule has 4 heteroatoms. The molecule has 1 fully saturated rings. The van der Waals surface area contributed by atoms with Crippen LogP contribution in [0.5, 0.6) is 0 Å². The van der Waals surface area contributed by atoms with E-state index in [1.165, 1.54) is 0 Å². The summed E-state index contributed by atoms with van der Waals surface area (Å²) in [7, 11) is 0. The van der Waals surface area contributed by atoms with Gasteiger partial charge in [0.25, 0.3) is 0 Å². The molecule has 96 valence electrons. The molecule has 4 nitrogen and oxygen atoms in total. The van der Waals surface area contributed by atoms with Crippen LogP contribution in [-0.2, 0) is 9.53 Å². The summed E-state index contributed by atoms with van der Waals surface area (Å²) in [5, 5.41) is 9.28. The second kappa shape index (κ2) is 5.50. The predicted octanol–water partition coefficient (Wildman–Crippen LogP) is 1.95. The molecule has 0 N–H and O–H groups in total. The number of hydrogen-bond acceptors (Lipinski definition) is 3. The lowest BCUT2D eigenvalue weighted by atomic mass is 9.82. The van der Waals surface area contributed by atoms with Gasteiger partial charge in [0.2, 0.25) is 5.91 Å². The number of carbonyl (C=O) groups excluding carboxylic acids is 1. The summed E-state index contributed by atoms with van der Waals surface area (Å²) in [4.78, 5) is 14.2. The Hall–Kier alpha value is -1.08. The lowest BCUT2D eigenvalue weighted by molar-refractivity contribution is -0.151. The van der Waals surface area contributed by atoms with Crippen molar-refractivity contribution in [3.05, 3.63) is 0 Å². The molecule has 0 aromatic carbocycles. The van der Waals surface area contributed by atoms with E-state index in [-0.39, 0.29) is 18.1 Å². The molecule has 0 spiro atoms. The van der Waals surface area contributed by atoms with Crippen molar-refractivity contribution in [2.45, 2.75) is 52.7 Å². The molecule has 1 heterocycles. The highest BCUT2D eigenvalue weighted by atomic mass is 16.5. The second-order valence-corrected chi connectivity index (χ2v) is 4.87. The molecule has 1 aliphatic rings. The first-order valence-corrected chi connectivity index (χ1v) is 6.35. The molecule has 1 amide bonds. The molecule has 0 bridgehead atoms. The zero-order chi connectivity index (χ0) is 13.1. The third kappa shape index (κ3) is 2.78. The van der Waals surface area contributed by atoms with E-state index in [9.17, 15) is 10.1 Å². The van der Waals surface area contributed by atoms with Gasteiger partial charge >= 0.3 is 0 Å². The van der Waals surface area contributed by atoms with E-state index in [2.05, 4.69) is 6.07 Å². The van der Waals surface area contributed by atoms with E-state index in [1.54, 1.807) is 4.90 Å². The van der Waals surface area contributed by atoms with E-state index >= 15 is 0 Å². The first-order chi connectivity index (χ1) is 7.99. The average molecular weight is 238 g/mol. The highest BCUT2D eigenvalue weighted by Gasteiger charge is 2.40. The molecule has 0 saturated carbocycles.